The van der Waals surface area contributed by atoms with E-state index in [-0.39, 0.29) is 29.2 Å². The van der Waals surface area contributed by atoms with Crippen LogP contribution in [-0.4, -0.2) is 76.4 Å². The largest absolute Gasteiger partial charge is 0.506 e. The van der Waals surface area contributed by atoms with Crippen LogP contribution in [-0.2, 0) is 35.3 Å². The van der Waals surface area contributed by atoms with Crippen molar-refractivity contribution in [2.45, 2.75) is 37.7 Å². The quantitative estimate of drug-likeness (QED) is 0.129. The zero-order valence-corrected chi connectivity index (χ0v) is 30.8. The number of carbonyl (C=O) groups excluding carboxylic acids is 2. The van der Waals surface area contributed by atoms with Gasteiger partial charge < -0.3 is 40.4 Å². The van der Waals surface area contributed by atoms with Gasteiger partial charge in [-0.15, -0.1) is 11.3 Å². The second-order valence-corrected chi connectivity index (χ2v) is 14.2. The third-order valence-corrected chi connectivity index (χ3v) is 10.6. The fourth-order valence-corrected chi connectivity index (χ4v) is 7.71. The monoisotopic (exact) mass is 834 g/mol. The number of nitrogens with zero attached hydrogens (tertiary/aromatic N) is 4. The fourth-order valence-electron chi connectivity index (χ4n) is 7.00. The summed E-state index contributed by atoms with van der Waals surface area (Å²) >= 11 is 1.50. The number of carbonyl (C=O) groups is 4. The van der Waals surface area contributed by atoms with Crippen LogP contribution in [0, 0.1) is 0 Å². The highest BCUT2D eigenvalue weighted by atomic mass is 32.1. The van der Waals surface area contributed by atoms with Crippen molar-refractivity contribution in [3.05, 3.63) is 120 Å². The standard InChI is InChI=1S/C20H14F3N3O6.C18H15N3O5S/c21-20(22,23)10-3-1-9(2-4-10)12-8-26-15-11(5-6-24-18(15)32-12)16(29)14(19(26)31)17(30)25-7-13(27)28;22-13(23)6-20-17(25)14-16(24)11-3-1-2-9-4-10(12-5-19-8-27-12)7-21(15(9)11)18(14)26/h1-6,12,29H,7-8H2,(H,25,30)(H,27,28);1-3,5,8,10,24H,4,6-7H2,(H,20,25)(H,22,23). The van der Waals surface area contributed by atoms with E-state index in [1.807, 2.05) is 11.4 Å². The number of nitrogens with one attached hydrogen (secondary N) is 2. The summed E-state index contributed by atoms with van der Waals surface area (Å²) in [7, 11) is 0. The fraction of sp³-hybridized carbons (Fsp3) is 0.211. The van der Waals surface area contributed by atoms with E-state index in [2.05, 4.69) is 15.3 Å². The number of para-hydroxylation sites is 1. The van der Waals surface area contributed by atoms with Crippen LogP contribution in [0.25, 0.3) is 21.8 Å². The summed E-state index contributed by atoms with van der Waals surface area (Å²) in [5.41, 5.74) is 0.171. The number of aromatic hydroxyl groups is 2. The molecule has 0 bridgehead atoms. The van der Waals surface area contributed by atoms with Crippen molar-refractivity contribution in [2.24, 2.45) is 0 Å². The maximum atomic E-state index is 13.0. The predicted molar refractivity (Wildman–Crippen MR) is 201 cm³/mol. The minimum Gasteiger partial charge on any atom is -0.506 e. The molecule has 0 spiro atoms. The Morgan fingerprint density at radius 1 is 0.831 bits per heavy atom. The van der Waals surface area contributed by atoms with E-state index in [0.717, 1.165) is 27.1 Å². The molecule has 17 nitrogen and oxygen atoms in total. The van der Waals surface area contributed by atoms with Gasteiger partial charge in [-0.1, -0.05) is 24.3 Å². The number of carboxylic acids is 2. The van der Waals surface area contributed by atoms with Crippen molar-refractivity contribution >= 4 is 56.9 Å². The second-order valence-electron chi connectivity index (χ2n) is 13.3. The van der Waals surface area contributed by atoms with Gasteiger partial charge in [0.15, 0.2) is 0 Å². The number of thiazole rings is 1. The summed E-state index contributed by atoms with van der Waals surface area (Å²) in [5, 5.41) is 43.2. The third-order valence-electron chi connectivity index (χ3n) is 9.64. The predicted octanol–water partition coefficient (Wildman–Crippen LogP) is 3.39. The lowest BCUT2D eigenvalue weighted by atomic mass is 9.91. The van der Waals surface area contributed by atoms with Crippen LogP contribution in [0.4, 0.5) is 13.2 Å². The van der Waals surface area contributed by atoms with Gasteiger partial charge in [0.1, 0.15) is 47.3 Å². The first kappa shape index (κ1) is 39.9. The Morgan fingerprint density at radius 3 is 1.98 bits per heavy atom. The van der Waals surface area contributed by atoms with E-state index in [4.69, 9.17) is 14.9 Å². The summed E-state index contributed by atoms with van der Waals surface area (Å²) in [6.45, 7) is -1.24. The lowest BCUT2D eigenvalue weighted by Crippen LogP contribution is -2.38. The van der Waals surface area contributed by atoms with E-state index in [1.54, 1.807) is 23.8 Å². The minimum absolute atomic E-state index is 0.0350. The van der Waals surface area contributed by atoms with Crippen molar-refractivity contribution in [3.8, 4) is 17.4 Å². The van der Waals surface area contributed by atoms with Crippen LogP contribution in [0.3, 0.4) is 0 Å². The summed E-state index contributed by atoms with van der Waals surface area (Å²) < 4.78 is 46.9. The highest BCUT2D eigenvalue weighted by Gasteiger charge is 2.34. The normalized spacial score (nSPS) is 15.4. The number of carboxylic acid groups (broad SMARTS) is 2. The molecular weight excluding hydrogens is 806 g/mol. The van der Waals surface area contributed by atoms with Crippen molar-refractivity contribution in [1.29, 1.82) is 0 Å². The van der Waals surface area contributed by atoms with Crippen LogP contribution in [0.2, 0.25) is 0 Å². The average Bonchev–Trinajstić information content (AvgIpc) is 3.75. The van der Waals surface area contributed by atoms with Gasteiger partial charge in [-0.25, -0.2) is 4.98 Å². The highest BCUT2D eigenvalue weighted by Crippen LogP contribution is 2.39. The number of hydrogen-bond donors (Lipinski definition) is 6. The first-order chi connectivity index (χ1) is 28.0. The molecule has 2 aliphatic rings. The molecular formula is C38H29F3N6O11S. The van der Waals surface area contributed by atoms with Gasteiger partial charge >= 0.3 is 18.1 Å². The molecule has 21 heteroatoms. The van der Waals surface area contributed by atoms with Crippen molar-refractivity contribution < 1.29 is 57.5 Å². The Balaban J connectivity index is 0.000000181. The molecule has 6 N–H and O–H groups in total. The molecule has 0 aliphatic carbocycles. The first-order valence-electron chi connectivity index (χ1n) is 17.4. The number of ether oxygens (including phenoxy) is 1. The highest BCUT2D eigenvalue weighted by molar-refractivity contribution is 7.09. The Kier molecular flexibility index (Phi) is 10.5. The molecule has 2 aliphatic heterocycles. The average molecular weight is 835 g/mol. The minimum atomic E-state index is -4.52. The zero-order valence-electron chi connectivity index (χ0n) is 30.0. The molecule has 6 aromatic rings. The SMILES string of the molecule is O=C(O)CNC(=O)c1c(O)c2cccc3c2n(c1=O)CC(c1cncs1)C3.O=C(O)CNC(=O)c1c(O)c2ccnc3c2n(c1=O)CC(c1ccc(C(F)(F)F)cc1)O3. The first-order valence-corrected chi connectivity index (χ1v) is 18.3. The van der Waals surface area contributed by atoms with Crippen LogP contribution in [0.15, 0.2) is 76.0 Å². The van der Waals surface area contributed by atoms with Gasteiger partial charge in [0.2, 0.25) is 5.88 Å². The molecule has 59 heavy (non-hydrogen) atoms. The molecule has 0 saturated heterocycles. The maximum Gasteiger partial charge on any atom is 0.416 e. The molecule has 304 valence electrons. The topological polar surface area (TPSA) is 252 Å². The number of halogens is 3. The molecule has 0 fully saturated rings. The van der Waals surface area contributed by atoms with E-state index in [0.29, 0.717) is 29.4 Å². The van der Waals surface area contributed by atoms with Gasteiger partial charge in [-0.3, -0.25) is 38.3 Å². The smallest absolute Gasteiger partial charge is 0.416 e. The zero-order chi connectivity index (χ0) is 42.3. The number of aromatic nitrogens is 4. The molecule has 6 heterocycles. The van der Waals surface area contributed by atoms with E-state index in [9.17, 15) is 52.2 Å². The molecule has 2 atom stereocenters. The van der Waals surface area contributed by atoms with E-state index in [1.165, 1.54) is 40.3 Å². The molecule has 2 amide bonds. The van der Waals surface area contributed by atoms with Gasteiger partial charge in [0.25, 0.3) is 22.9 Å². The Hall–Kier alpha value is -7.29. The summed E-state index contributed by atoms with van der Waals surface area (Å²) in [4.78, 5) is 81.4. The molecule has 2 unspecified atom stereocenters. The van der Waals surface area contributed by atoms with Gasteiger partial charge in [-0.2, -0.15) is 13.2 Å². The van der Waals surface area contributed by atoms with Crippen LogP contribution < -0.4 is 26.5 Å². The molecule has 2 aromatic carbocycles. The third kappa shape index (κ3) is 7.61. The van der Waals surface area contributed by atoms with E-state index < -0.39 is 88.4 Å². The van der Waals surface area contributed by atoms with Crippen molar-refractivity contribution in [1.82, 2.24) is 29.7 Å². The number of aliphatic carboxylic acids is 2. The number of alkyl halides is 3. The van der Waals surface area contributed by atoms with Crippen LogP contribution in [0.5, 0.6) is 17.4 Å². The van der Waals surface area contributed by atoms with Crippen LogP contribution in [0.1, 0.15) is 54.3 Å². The van der Waals surface area contributed by atoms with E-state index >= 15 is 0 Å². The summed E-state index contributed by atoms with van der Waals surface area (Å²) in [6, 6.07) is 10.8. The molecule has 0 saturated carbocycles. The summed E-state index contributed by atoms with van der Waals surface area (Å²) in [6.07, 6.45) is -1.69. The Morgan fingerprint density at radius 2 is 1.42 bits per heavy atom. The van der Waals surface area contributed by atoms with Crippen molar-refractivity contribution in [3.63, 3.8) is 0 Å². The number of rotatable bonds is 8. The van der Waals surface area contributed by atoms with Gasteiger partial charge in [0.05, 0.1) is 23.1 Å². The summed E-state index contributed by atoms with van der Waals surface area (Å²) in [5.74, 6) is -5.68. The number of amides is 2. The molecule has 0 radical (unpaired) electrons. The number of benzene rings is 2. The van der Waals surface area contributed by atoms with Gasteiger partial charge in [-0.05, 0) is 41.8 Å². The Labute approximate surface area is 331 Å². The number of hydrogen-bond acceptors (Lipinski definition) is 12. The Bertz CT molecular complexity index is 2810. The molecule has 8 rings (SSSR count). The van der Waals surface area contributed by atoms with Crippen LogP contribution >= 0.6 is 11.3 Å². The van der Waals surface area contributed by atoms with Crippen molar-refractivity contribution in [2.75, 3.05) is 13.1 Å². The lowest BCUT2D eigenvalue weighted by molar-refractivity contribution is -0.138. The maximum absolute atomic E-state index is 13.0. The number of pyridine rings is 3. The lowest BCUT2D eigenvalue weighted by Gasteiger charge is -2.28. The second kappa shape index (κ2) is 15.6. The van der Waals surface area contributed by atoms with Gasteiger partial charge in [0, 0.05) is 40.5 Å². The molecule has 4 aromatic heterocycles.